The Hall–Kier alpha value is -2.10. The molecule has 4 heteroatoms. The van der Waals surface area contributed by atoms with E-state index in [0.29, 0.717) is 11.1 Å². The highest BCUT2D eigenvalue weighted by Gasteiger charge is 2.07. The Morgan fingerprint density at radius 2 is 2.20 bits per heavy atom. The summed E-state index contributed by atoms with van der Waals surface area (Å²) in [4.78, 5) is 14.6. The van der Waals surface area contributed by atoms with Crippen molar-refractivity contribution in [3.8, 4) is 5.75 Å². The molecule has 76 valence electrons. The van der Waals surface area contributed by atoms with Crippen molar-refractivity contribution in [3.63, 3.8) is 0 Å². The van der Waals surface area contributed by atoms with E-state index in [-0.39, 0.29) is 12.2 Å². The second kappa shape index (κ2) is 3.57. The molecule has 15 heavy (non-hydrogen) atoms. The van der Waals surface area contributed by atoms with E-state index in [0.717, 1.165) is 5.39 Å². The molecule has 2 rings (SSSR count). The van der Waals surface area contributed by atoms with Gasteiger partial charge in [0.25, 0.3) is 0 Å². The Morgan fingerprint density at radius 3 is 2.93 bits per heavy atom. The van der Waals surface area contributed by atoms with Crippen LogP contribution in [0.1, 0.15) is 5.56 Å². The number of hydrogen-bond acceptors (Lipinski definition) is 3. The topological polar surface area (TPSA) is 70.4 Å². The summed E-state index contributed by atoms with van der Waals surface area (Å²) in [6.07, 6.45) is 1.44. The molecule has 0 aliphatic rings. The van der Waals surface area contributed by atoms with Crippen molar-refractivity contribution in [2.45, 2.75) is 6.42 Å². The predicted molar refractivity (Wildman–Crippen MR) is 54.7 cm³/mol. The molecule has 0 radical (unpaired) electrons. The van der Waals surface area contributed by atoms with E-state index in [1.807, 2.05) is 6.07 Å². The maximum atomic E-state index is 10.5. The zero-order chi connectivity index (χ0) is 10.8. The van der Waals surface area contributed by atoms with Gasteiger partial charge in [0.2, 0.25) is 0 Å². The molecule has 0 amide bonds. The van der Waals surface area contributed by atoms with Gasteiger partial charge >= 0.3 is 5.97 Å². The maximum Gasteiger partial charge on any atom is 0.307 e. The van der Waals surface area contributed by atoms with Crippen LogP contribution in [0.15, 0.2) is 30.5 Å². The van der Waals surface area contributed by atoms with Crippen molar-refractivity contribution < 1.29 is 15.0 Å². The first kappa shape index (κ1) is 9.45. The largest absolute Gasteiger partial charge is 0.508 e. The summed E-state index contributed by atoms with van der Waals surface area (Å²) in [7, 11) is 0. The van der Waals surface area contributed by atoms with E-state index >= 15 is 0 Å². The summed E-state index contributed by atoms with van der Waals surface area (Å²) in [6.45, 7) is 0. The average Bonchev–Trinajstić information content (AvgIpc) is 2.18. The molecule has 2 N–H and O–H groups in total. The van der Waals surface area contributed by atoms with Gasteiger partial charge in [0.05, 0.1) is 11.9 Å². The van der Waals surface area contributed by atoms with Gasteiger partial charge in [0, 0.05) is 23.2 Å². The molecule has 0 aliphatic carbocycles. The third-order valence-electron chi connectivity index (χ3n) is 2.15. The standard InChI is InChI=1S/C11H9NO3/c13-10-6-9-7(2-1-3-12-9)4-8(10)5-11(14)15/h1-4,6,13H,5H2,(H,14,15). The Kier molecular flexibility index (Phi) is 2.25. The predicted octanol–water partition coefficient (Wildman–Crippen LogP) is 1.57. The Morgan fingerprint density at radius 1 is 1.40 bits per heavy atom. The van der Waals surface area contributed by atoms with Gasteiger partial charge in [-0.05, 0) is 12.1 Å². The van der Waals surface area contributed by atoms with E-state index in [9.17, 15) is 9.90 Å². The fraction of sp³-hybridized carbons (Fsp3) is 0.0909. The molecule has 1 aromatic carbocycles. The molecule has 0 saturated carbocycles. The lowest BCUT2D eigenvalue weighted by atomic mass is 10.1. The zero-order valence-corrected chi connectivity index (χ0v) is 7.84. The third-order valence-corrected chi connectivity index (χ3v) is 2.15. The lowest BCUT2D eigenvalue weighted by Crippen LogP contribution is -2.00. The second-order valence-corrected chi connectivity index (χ2v) is 3.25. The van der Waals surface area contributed by atoms with E-state index < -0.39 is 5.97 Å². The Bertz CT molecular complexity index is 522. The van der Waals surface area contributed by atoms with Gasteiger partial charge in [0.1, 0.15) is 5.75 Å². The molecule has 1 heterocycles. The van der Waals surface area contributed by atoms with Gasteiger partial charge in [-0.15, -0.1) is 0 Å². The van der Waals surface area contributed by atoms with Crippen molar-refractivity contribution in [1.29, 1.82) is 0 Å². The molecule has 0 aliphatic heterocycles. The molecule has 0 fully saturated rings. The van der Waals surface area contributed by atoms with Gasteiger partial charge in [-0.3, -0.25) is 9.78 Å². The minimum atomic E-state index is -0.964. The number of nitrogens with zero attached hydrogens (tertiary/aromatic N) is 1. The van der Waals surface area contributed by atoms with Gasteiger partial charge in [-0.2, -0.15) is 0 Å². The van der Waals surface area contributed by atoms with E-state index in [1.54, 1.807) is 18.3 Å². The highest BCUT2D eigenvalue weighted by molar-refractivity contribution is 5.83. The van der Waals surface area contributed by atoms with Gasteiger partial charge < -0.3 is 10.2 Å². The number of aromatic nitrogens is 1. The van der Waals surface area contributed by atoms with E-state index in [2.05, 4.69) is 4.98 Å². The molecule has 0 unspecified atom stereocenters. The summed E-state index contributed by atoms with van der Waals surface area (Å²) >= 11 is 0. The first-order valence-electron chi connectivity index (χ1n) is 4.45. The summed E-state index contributed by atoms with van der Waals surface area (Å²) < 4.78 is 0. The zero-order valence-electron chi connectivity index (χ0n) is 7.84. The van der Waals surface area contributed by atoms with Crippen LogP contribution in [0.4, 0.5) is 0 Å². The van der Waals surface area contributed by atoms with Crippen molar-refractivity contribution in [2.75, 3.05) is 0 Å². The molecule has 1 aromatic heterocycles. The quantitative estimate of drug-likeness (QED) is 0.777. The molecule has 2 aromatic rings. The van der Waals surface area contributed by atoms with Crippen molar-refractivity contribution >= 4 is 16.9 Å². The minimum Gasteiger partial charge on any atom is -0.508 e. The van der Waals surface area contributed by atoms with E-state index in [1.165, 1.54) is 6.07 Å². The van der Waals surface area contributed by atoms with Crippen LogP contribution in [0.3, 0.4) is 0 Å². The highest BCUT2D eigenvalue weighted by Crippen LogP contribution is 2.23. The van der Waals surface area contributed by atoms with Crippen LogP contribution in [0.2, 0.25) is 0 Å². The lowest BCUT2D eigenvalue weighted by Gasteiger charge is -2.03. The number of carbonyl (C=O) groups is 1. The van der Waals surface area contributed by atoms with Crippen LogP contribution in [0.5, 0.6) is 5.75 Å². The number of rotatable bonds is 2. The number of phenolic OH excluding ortho intramolecular Hbond substituents is 1. The Labute approximate surface area is 85.8 Å². The molecule has 0 atom stereocenters. The summed E-state index contributed by atoms with van der Waals surface area (Å²) in [5.74, 6) is -0.989. The number of pyridine rings is 1. The SMILES string of the molecule is O=C(O)Cc1cc2cccnc2cc1O. The van der Waals surface area contributed by atoms with Crippen LogP contribution in [0.25, 0.3) is 10.9 Å². The number of fused-ring (bicyclic) bond motifs is 1. The molecule has 0 bridgehead atoms. The number of aromatic hydroxyl groups is 1. The van der Waals surface area contributed by atoms with Crippen LogP contribution in [-0.2, 0) is 11.2 Å². The first-order valence-corrected chi connectivity index (χ1v) is 4.45. The molecular formula is C11H9NO3. The first-order chi connectivity index (χ1) is 7.16. The molecule has 4 nitrogen and oxygen atoms in total. The van der Waals surface area contributed by atoms with Crippen LogP contribution >= 0.6 is 0 Å². The smallest absolute Gasteiger partial charge is 0.307 e. The lowest BCUT2D eigenvalue weighted by molar-refractivity contribution is -0.136. The number of hydrogen-bond donors (Lipinski definition) is 2. The average molecular weight is 203 g/mol. The van der Waals surface area contributed by atoms with Gasteiger partial charge in [0.15, 0.2) is 0 Å². The fourth-order valence-electron chi connectivity index (χ4n) is 1.46. The summed E-state index contributed by atoms with van der Waals surface area (Å²) in [5.41, 5.74) is 1.06. The number of benzene rings is 1. The number of carboxylic acids is 1. The van der Waals surface area contributed by atoms with Gasteiger partial charge in [-0.25, -0.2) is 0 Å². The van der Waals surface area contributed by atoms with Gasteiger partial charge in [-0.1, -0.05) is 6.07 Å². The number of phenols is 1. The highest BCUT2D eigenvalue weighted by atomic mass is 16.4. The Balaban J connectivity index is 2.56. The minimum absolute atomic E-state index is 0.0244. The molecule has 0 saturated heterocycles. The fourth-order valence-corrected chi connectivity index (χ4v) is 1.46. The van der Waals surface area contributed by atoms with Crippen LogP contribution in [-0.4, -0.2) is 21.2 Å². The maximum absolute atomic E-state index is 10.5. The van der Waals surface area contributed by atoms with Crippen molar-refractivity contribution in [1.82, 2.24) is 4.98 Å². The molecular weight excluding hydrogens is 194 g/mol. The van der Waals surface area contributed by atoms with E-state index in [4.69, 9.17) is 5.11 Å². The second-order valence-electron chi connectivity index (χ2n) is 3.25. The summed E-state index contributed by atoms with van der Waals surface area (Å²) in [6, 6.07) is 6.72. The molecule has 0 spiro atoms. The summed E-state index contributed by atoms with van der Waals surface area (Å²) in [5, 5.41) is 19.0. The number of aliphatic carboxylic acids is 1. The van der Waals surface area contributed by atoms with Crippen LogP contribution in [0, 0.1) is 0 Å². The van der Waals surface area contributed by atoms with Crippen LogP contribution < -0.4 is 0 Å². The van der Waals surface area contributed by atoms with Crippen molar-refractivity contribution in [3.05, 3.63) is 36.0 Å². The normalized spacial score (nSPS) is 10.4. The number of carboxylic acid groups (broad SMARTS) is 1. The van der Waals surface area contributed by atoms with Crippen molar-refractivity contribution in [2.24, 2.45) is 0 Å². The monoisotopic (exact) mass is 203 g/mol. The third kappa shape index (κ3) is 1.88.